The average molecular weight is 394 g/mol. The van der Waals surface area contributed by atoms with E-state index in [0.29, 0.717) is 17.0 Å². The van der Waals surface area contributed by atoms with E-state index >= 15 is 0 Å². The molecule has 0 unspecified atom stereocenters. The molecule has 0 saturated carbocycles. The number of nitro groups is 1. The summed E-state index contributed by atoms with van der Waals surface area (Å²) in [4.78, 5) is 34.5. The van der Waals surface area contributed by atoms with Gasteiger partial charge in [0.25, 0.3) is 5.69 Å². The molecule has 0 aliphatic carbocycles. The summed E-state index contributed by atoms with van der Waals surface area (Å²) in [5, 5.41) is 14.7. The number of carbonyl (C=O) groups is 1. The van der Waals surface area contributed by atoms with Crippen LogP contribution in [0.3, 0.4) is 0 Å². The van der Waals surface area contributed by atoms with Gasteiger partial charge in [-0.1, -0.05) is 0 Å². The van der Waals surface area contributed by atoms with Gasteiger partial charge >= 0.3 is 5.63 Å². The quantitative estimate of drug-likeness (QED) is 0.312. The number of aryl methyl sites for hydroxylation is 1. The van der Waals surface area contributed by atoms with E-state index in [4.69, 9.17) is 13.9 Å². The Balaban J connectivity index is 1.57. The van der Waals surface area contributed by atoms with E-state index in [9.17, 15) is 19.7 Å². The minimum absolute atomic E-state index is 0.0162. The molecule has 146 valence electrons. The lowest BCUT2D eigenvalue weighted by atomic mass is 10.1. The Hall–Kier alpha value is -4.14. The van der Waals surface area contributed by atoms with E-state index in [1.54, 1.807) is 25.1 Å². The number of amides is 1. The Labute approximate surface area is 163 Å². The number of nitrogens with zero attached hydrogens (tertiary/aromatic N) is 1. The minimum Gasteiger partial charge on any atom is -0.454 e. The number of benzene rings is 2. The maximum absolute atomic E-state index is 12.3. The standard InChI is InChI=1S/C20H14N2O7/c1-11-6-20(24)29-16-8-13(3-4-14(11)16)21-19(23)5-2-12-7-17-18(28-10-27-17)9-15(12)22(25)26/h2-9H,10H2,1H3,(H,21,23)/b5-2+. The maximum atomic E-state index is 12.3. The lowest BCUT2D eigenvalue weighted by Gasteiger charge is -2.05. The molecule has 3 aromatic rings. The van der Waals surface area contributed by atoms with Crippen molar-refractivity contribution in [2.75, 3.05) is 12.1 Å². The first-order chi connectivity index (χ1) is 13.9. The molecule has 9 heteroatoms. The summed E-state index contributed by atoms with van der Waals surface area (Å²) in [6.45, 7) is 1.77. The second kappa shape index (κ2) is 7.12. The molecule has 0 radical (unpaired) electrons. The number of carbonyl (C=O) groups excluding carboxylic acids is 1. The van der Waals surface area contributed by atoms with Gasteiger partial charge in [-0.3, -0.25) is 14.9 Å². The van der Waals surface area contributed by atoms with Crippen molar-refractivity contribution in [3.8, 4) is 11.5 Å². The molecule has 1 aliphatic heterocycles. The predicted octanol–water partition coefficient (Wildman–Crippen LogP) is 3.39. The predicted molar refractivity (Wildman–Crippen MR) is 104 cm³/mol. The zero-order chi connectivity index (χ0) is 20.5. The van der Waals surface area contributed by atoms with Gasteiger partial charge in [0.05, 0.1) is 16.6 Å². The zero-order valence-corrected chi connectivity index (χ0v) is 15.1. The van der Waals surface area contributed by atoms with Crippen LogP contribution in [-0.2, 0) is 4.79 Å². The van der Waals surface area contributed by atoms with Gasteiger partial charge in [-0.25, -0.2) is 4.79 Å². The van der Waals surface area contributed by atoms with Crippen LogP contribution in [0.2, 0.25) is 0 Å². The summed E-state index contributed by atoms with van der Waals surface area (Å²) >= 11 is 0. The molecule has 0 atom stereocenters. The minimum atomic E-state index is -0.562. The van der Waals surface area contributed by atoms with Gasteiger partial charge < -0.3 is 19.2 Å². The molecule has 2 aromatic carbocycles. The monoisotopic (exact) mass is 394 g/mol. The molecule has 0 spiro atoms. The van der Waals surface area contributed by atoms with Crippen LogP contribution < -0.4 is 20.4 Å². The van der Waals surface area contributed by atoms with Gasteiger partial charge in [-0.05, 0) is 36.8 Å². The fraction of sp³-hybridized carbons (Fsp3) is 0.100. The van der Waals surface area contributed by atoms with Gasteiger partial charge in [0.1, 0.15) is 5.58 Å². The first-order valence-corrected chi connectivity index (χ1v) is 8.52. The van der Waals surface area contributed by atoms with Crippen LogP contribution in [0.1, 0.15) is 11.1 Å². The van der Waals surface area contributed by atoms with Crippen molar-refractivity contribution in [1.29, 1.82) is 0 Å². The second-order valence-electron chi connectivity index (χ2n) is 6.30. The van der Waals surface area contributed by atoms with Crippen LogP contribution in [0.25, 0.3) is 17.0 Å². The highest BCUT2D eigenvalue weighted by molar-refractivity contribution is 6.03. The highest BCUT2D eigenvalue weighted by Gasteiger charge is 2.22. The fourth-order valence-electron chi connectivity index (χ4n) is 2.99. The smallest absolute Gasteiger partial charge is 0.336 e. The molecule has 29 heavy (non-hydrogen) atoms. The number of fused-ring (bicyclic) bond motifs is 2. The number of nitro benzene ring substituents is 1. The lowest BCUT2D eigenvalue weighted by molar-refractivity contribution is -0.385. The first kappa shape index (κ1) is 18.2. The molecule has 2 heterocycles. The number of rotatable bonds is 4. The van der Waals surface area contributed by atoms with Gasteiger partial charge in [-0.15, -0.1) is 0 Å². The van der Waals surface area contributed by atoms with Crippen molar-refractivity contribution >= 4 is 34.3 Å². The van der Waals surface area contributed by atoms with E-state index in [0.717, 1.165) is 10.9 Å². The van der Waals surface area contributed by atoms with Crippen molar-refractivity contribution in [2.24, 2.45) is 0 Å². The molecular formula is C20H14N2O7. The molecule has 1 aromatic heterocycles. The van der Waals surface area contributed by atoms with Crippen LogP contribution in [-0.4, -0.2) is 17.6 Å². The van der Waals surface area contributed by atoms with E-state index in [1.807, 2.05) is 0 Å². The molecule has 0 bridgehead atoms. The summed E-state index contributed by atoms with van der Waals surface area (Å²) in [7, 11) is 0. The van der Waals surface area contributed by atoms with Crippen molar-refractivity contribution < 1.29 is 23.6 Å². The number of hydrogen-bond acceptors (Lipinski definition) is 7. The van der Waals surface area contributed by atoms with Gasteiger partial charge in [-0.2, -0.15) is 0 Å². The average Bonchev–Trinajstić information content (AvgIpc) is 3.12. The van der Waals surface area contributed by atoms with Crippen molar-refractivity contribution in [1.82, 2.24) is 0 Å². The SMILES string of the molecule is Cc1cc(=O)oc2cc(NC(=O)/C=C/c3cc4c(cc3[N+](=O)[O-])OCO4)ccc12. The third kappa shape index (κ3) is 3.65. The summed E-state index contributed by atoms with van der Waals surface area (Å²) in [5.41, 5.74) is 1.05. The second-order valence-corrected chi connectivity index (χ2v) is 6.30. The summed E-state index contributed by atoms with van der Waals surface area (Å²) in [6, 6.07) is 9.03. The number of anilines is 1. The third-order valence-corrected chi connectivity index (χ3v) is 4.35. The normalized spacial score (nSPS) is 12.4. The molecule has 1 amide bonds. The molecule has 1 aliphatic rings. The summed E-state index contributed by atoms with van der Waals surface area (Å²) < 4.78 is 15.5. The Morgan fingerprint density at radius 1 is 1.17 bits per heavy atom. The Morgan fingerprint density at radius 2 is 1.93 bits per heavy atom. The van der Waals surface area contributed by atoms with Crippen LogP contribution in [0, 0.1) is 17.0 Å². The van der Waals surface area contributed by atoms with Crippen molar-refractivity contribution in [3.05, 3.63) is 74.1 Å². The van der Waals surface area contributed by atoms with Crippen molar-refractivity contribution in [3.63, 3.8) is 0 Å². The van der Waals surface area contributed by atoms with E-state index in [1.165, 1.54) is 30.4 Å². The van der Waals surface area contributed by atoms with E-state index in [2.05, 4.69) is 5.32 Å². The third-order valence-electron chi connectivity index (χ3n) is 4.35. The molecule has 1 N–H and O–H groups in total. The largest absolute Gasteiger partial charge is 0.454 e. The van der Waals surface area contributed by atoms with Crippen LogP contribution >= 0.6 is 0 Å². The zero-order valence-electron chi connectivity index (χ0n) is 15.1. The molecule has 0 fully saturated rings. The molecule has 4 rings (SSSR count). The molecular weight excluding hydrogens is 380 g/mol. The van der Waals surface area contributed by atoms with Gasteiger partial charge in [0.2, 0.25) is 12.7 Å². The highest BCUT2D eigenvalue weighted by atomic mass is 16.7. The topological polar surface area (TPSA) is 121 Å². The van der Waals surface area contributed by atoms with Crippen LogP contribution in [0.15, 0.2) is 51.7 Å². The lowest BCUT2D eigenvalue weighted by Crippen LogP contribution is -2.08. The summed E-state index contributed by atoms with van der Waals surface area (Å²) in [6.07, 6.45) is 2.49. The maximum Gasteiger partial charge on any atom is 0.336 e. The molecule has 9 nitrogen and oxygen atoms in total. The Kier molecular flexibility index (Phi) is 4.47. The summed E-state index contributed by atoms with van der Waals surface area (Å²) in [5.74, 6) is 0.146. The van der Waals surface area contributed by atoms with E-state index in [-0.39, 0.29) is 23.8 Å². The van der Waals surface area contributed by atoms with Crippen LogP contribution in [0.4, 0.5) is 11.4 Å². The van der Waals surface area contributed by atoms with Crippen LogP contribution in [0.5, 0.6) is 11.5 Å². The first-order valence-electron chi connectivity index (χ1n) is 8.52. The Bertz CT molecular complexity index is 1240. The fourth-order valence-corrected chi connectivity index (χ4v) is 2.99. The molecule has 0 saturated heterocycles. The number of ether oxygens (including phenoxy) is 2. The Morgan fingerprint density at radius 3 is 2.69 bits per heavy atom. The number of hydrogen-bond donors (Lipinski definition) is 1. The van der Waals surface area contributed by atoms with Gasteiger partial charge in [0.15, 0.2) is 11.5 Å². The van der Waals surface area contributed by atoms with Crippen molar-refractivity contribution in [2.45, 2.75) is 6.92 Å². The van der Waals surface area contributed by atoms with Gasteiger partial charge in [0, 0.05) is 29.3 Å². The number of nitrogens with one attached hydrogen (secondary N) is 1. The van der Waals surface area contributed by atoms with E-state index < -0.39 is 16.5 Å². The highest BCUT2D eigenvalue weighted by Crippen LogP contribution is 2.38.